The Morgan fingerprint density at radius 3 is 2.52 bits per heavy atom. The monoisotopic (exact) mass is 372 g/mol. The SMILES string of the molecule is CN=C(NCCCOC1CCN(Cc2ccccc2)CC1)NCCC1CC1. The molecule has 2 N–H and O–H groups in total. The zero-order valence-corrected chi connectivity index (χ0v) is 16.8. The number of likely N-dealkylation sites (tertiary alicyclic amines) is 1. The third-order valence-corrected chi connectivity index (χ3v) is 5.52. The van der Waals surface area contributed by atoms with E-state index < -0.39 is 0 Å². The van der Waals surface area contributed by atoms with E-state index in [0.717, 1.165) is 70.5 Å². The summed E-state index contributed by atoms with van der Waals surface area (Å²) in [6.07, 6.45) is 7.83. The van der Waals surface area contributed by atoms with Crippen LogP contribution in [0.2, 0.25) is 0 Å². The molecule has 27 heavy (non-hydrogen) atoms. The van der Waals surface area contributed by atoms with Gasteiger partial charge in [0, 0.05) is 46.4 Å². The van der Waals surface area contributed by atoms with Gasteiger partial charge in [-0.15, -0.1) is 0 Å². The molecule has 1 aliphatic heterocycles. The van der Waals surface area contributed by atoms with E-state index in [1.165, 1.54) is 24.8 Å². The van der Waals surface area contributed by atoms with Crippen molar-refractivity contribution in [3.05, 3.63) is 35.9 Å². The molecule has 1 saturated carbocycles. The highest BCUT2D eigenvalue weighted by Crippen LogP contribution is 2.31. The molecule has 1 heterocycles. The number of nitrogens with zero attached hydrogens (tertiary/aromatic N) is 2. The van der Waals surface area contributed by atoms with Crippen LogP contribution >= 0.6 is 0 Å². The van der Waals surface area contributed by atoms with E-state index in [1.807, 2.05) is 7.05 Å². The molecule has 0 spiro atoms. The van der Waals surface area contributed by atoms with Crippen molar-refractivity contribution in [2.24, 2.45) is 10.9 Å². The van der Waals surface area contributed by atoms with Crippen molar-refractivity contribution < 1.29 is 4.74 Å². The van der Waals surface area contributed by atoms with Crippen LogP contribution in [0.4, 0.5) is 0 Å². The van der Waals surface area contributed by atoms with Gasteiger partial charge in [-0.25, -0.2) is 0 Å². The maximum absolute atomic E-state index is 6.09. The number of ether oxygens (including phenoxy) is 1. The van der Waals surface area contributed by atoms with Gasteiger partial charge in [-0.3, -0.25) is 9.89 Å². The van der Waals surface area contributed by atoms with E-state index in [9.17, 15) is 0 Å². The van der Waals surface area contributed by atoms with Gasteiger partial charge in [0.15, 0.2) is 5.96 Å². The molecule has 0 amide bonds. The lowest BCUT2D eigenvalue weighted by Gasteiger charge is -2.32. The summed E-state index contributed by atoms with van der Waals surface area (Å²) in [7, 11) is 1.84. The van der Waals surface area contributed by atoms with Crippen molar-refractivity contribution in [2.75, 3.05) is 39.8 Å². The molecule has 1 aromatic carbocycles. The van der Waals surface area contributed by atoms with Crippen LogP contribution in [0.3, 0.4) is 0 Å². The summed E-state index contributed by atoms with van der Waals surface area (Å²) in [4.78, 5) is 6.82. The predicted octanol–water partition coefficient (Wildman–Crippen LogP) is 3.02. The van der Waals surface area contributed by atoms with Crippen LogP contribution in [0.25, 0.3) is 0 Å². The molecule has 0 atom stereocenters. The van der Waals surface area contributed by atoms with Gasteiger partial charge in [0.1, 0.15) is 0 Å². The first-order chi connectivity index (χ1) is 13.3. The number of aliphatic imine (C=N–C) groups is 1. The fourth-order valence-electron chi connectivity index (χ4n) is 3.63. The second-order valence-corrected chi connectivity index (χ2v) is 7.84. The van der Waals surface area contributed by atoms with Crippen LogP contribution in [0.1, 0.15) is 44.1 Å². The second-order valence-electron chi connectivity index (χ2n) is 7.84. The molecule has 1 saturated heterocycles. The first-order valence-corrected chi connectivity index (χ1v) is 10.7. The number of piperidine rings is 1. The minimum Gasteiger partial charge on any atom is -0.378 e. The van der Waals surface area contributed by atoms with Gasteiger partial charge in [0.05, 0.1) is 6.10 Å². The zero-order chi connectivity index (χ0) is 18.7. The summed E-state index contributed by atoms with van der Waals surface area (Å²) < 4.78 is 6.09. The maximum Gasteiger partial charge on any atom is 0.190 e. The number of hydrogen-bond donors (Lipinski definition) is 2. The number of guanidine groups is 1. The summed E-state index contributed by atoms with van der Waals surface area (Å²) in [5.74, 6) is 1.88. The van der Waals surface area contributed by atoms with Crippen molar-refractivity contribution in [3.63, 3.8) is 0 Å². The standard InChI is InChI=1S/C22H36N4O/c1-23-22(25-14-10-19-8-9-19)24-13-5-17-27-21-11-15-26(16-12-21)18-20-6-3-2-4-7-20/h2-4,6-7,19,21H,5,8-18H2,1H3,(H2,23,24,25). The van der Waals surface area contributed by atoms with E-state index in [-0.39, 0.29) is 0 Å². The average Bonchev–Trinajstić information content (AvgIpc) is 3.53. The fraction of sp³-hybridized carbons (Fsp3) is 0.682. The molecule has 150 valence electrons. The molecule has 0 aromatic heterocycles. The van der Waals surface area contributed by atoms with Crippen LogP contribution in [0, 0.1) is 5.92 Å². The Bertz CT molecular complexity index is 551. The number of nitrogens with one attached hydrogen (secondary N) is 2. The molecular weight excluding hydrogens is 336 g/mol. The molecule has 2 aliphatic rings. The van der Waals surface area contributed by atoms with Crippen molar-refractivity contribution >= 4 is 5.96 Å². The summed E-state index contributed by atoms with van der Waals surface area (Å²) in [5.41, 5.74) is 1.40. The molecule has 2 fully saturated rings. The van der Waals surface area contributed by atoms with Gasteiger partial charge in [0.25, 0.3) is 0 Å². The Kier molecular flexibility index (Phi) is 8.43. The third kappa shape index (κ3) is 7.89. The first-order valence-electron chi connectivity index (χ1n) is 10.7. The Labute approximate surface area is 164 Å². The minimum atomic E-state index is 0.424. The summed E-state index contributed by atoms with van der Waals surface area (Å²) in [5, 5.41) is 6.78. The highest BCUT2D eigenvalue weighted by molar-refractivity contribution is 5.79. The molecule has 3 rings (SSSR count). The lowest BCUT2D eigenvalue weighted by atomic mass is 10.1. The number of rotatable bonds is 10. The van der Waals surface area contributed by atoms with E-state index in [1.54, 1.807) is 0 Å². The topological polar surface area (TPSA) is 48.9 Å². The van der Waals surface area contributed by atoms with E-state index in [4.69, 9.17) is 4.74 Å². The molecule has 1 aliphatic carbocycles. The summed E-state index contributed by atoms with van der Waals surface area (Å²) in [6.45, 7) is 6.10. The first kappa shape index (κ1) is 20.2. The predicted molar refractivity (Wildman–Crippen MR) is 112 cm³/mol. The van der Waals surface area contributed by atoms with Gasteiger partial charge in [0.2, 0.25) is 0 Å². The molecule has 5 heteroatoms. The van der Waals surface area contributed by atoms with Crippen molar-refractivity contribution in [1.29, 1.82) is 0 Å². The zero-order valence-electron chi connectivity index (χ0n) is 16.8. The van der Waals surface area contributed by atoms with Crippen LogP contribution in [0.15, 0.2) is 35.3 Å². The quantitative estimate of drug-likeness (QED) is 0.377. The second kappa shape index (κ2) is 11.3. The van der Waals surface area contributed by atoms with Crippen LogP contribution in [-0.4, -0.2) is 56.8 Å². The molecule has 5 nitrogen and oxygen atoms in total. The van der Waals surface area contributed by atoms with Crippen LogP contribution < -0.4 is 10.6 Å². The Balaban J connectivity index is 1.20. The van der Waals surface area contributed by atoms with Gasteiger partial charge >= 0.3 is 0 Å². The molecule has 0 radical (unpaired) electrons. The molecule has 0 unspecified atom stereocenters. The third-order valence-electron chi connectivity index (χ3n) is 5.52. The maximum atomic E-state index is 6.09. The van der Waals surface area contributed by atoms with E-state index in [2.05, 4.69) is 50.9 Å². The van der Waals surface area contributed by atoms with E-state index in [0.29, 0.717) is 6.10 Å². The smallest absolute Gasteiger partial charge is 0.190 e. The lowest BCUT2D eigenvalue weighted by Crippen LogP contribution is -2.39. The normalized spacial score (nSPS) is 19.2. The average molecular weight is 373 g/mol. The van der Waals surface area contributed by atoms with Gasteiger partial charge in [-0.1, -0.05) is 43.2 Å². The fourth-order valence-corrected chi connectivity index (χ4v) is 3.63. The highest BCUT2D eigenvalue weighted by atomic mass is 16.5. The summed E-state index contributed by atoms with van der Waals surface area (Å²) >= 11 is 0. The Morgan fingerprint density at radius 2 is 1.81 bits per heavy atom. The molecule has 1 aromatic rings. The lowest BCUT2D eigenvalue weighted by molar-refractivity contribution is 0.00534. The largest absolute Gasteiger partial charge is 0.378 e. The van der Waals surface area contributed by atoms with Gasteiger partial charge in [-0.05, 0) is 37.2 Å². The van der Waals surface area contributed by atoms with Gasteiger partial charge < -0.3 is 15.4 Å². The Morgan fingerprint density at radius 1 is 1.07 bits per heavy atom. The van der Waals surface area contributed by atoms with E-state index >= 15 is 0 Å². The number of benzene rings is 1. The number of hydrogen-bond acceptors (Lipinski definition) is 3. The van der Waals surface area contributed by atoms with Crippen molar-refractivity contribution in [1.82, 2.24) is 15.5 Å². The highest BCUT2D eigenvalue weighted by Gasteiger charge is 2.20. The molecule has 0 bridgehead atoms. The Hall–Kier alpha value is -1.59. The molecular formula is C22H36N4O. The van der Waals surface area contributed by atoms with Crippen molar-refractivity contribution in [3.8, 4) is 0 Å². The summed E-state index contributed by atoms with van der Waals surface area (Å²) in [6, 6.07) is 10.7. The minimum absolute atomic E-state index is 0.424. The van der Waals surface area contributed by atoms with Gasteiger partial charge in [-0.2, -0.15) is 0 Å². The van der Waals surface area contributed by atoms with Crippen LogP contribution in [0.5, 0.6) is 0 Å². The van der Waals surface area contributed by atoms with Crippen LogP contribution in [-0.2, 0) is 11.3 Å². The van der Waals surface area contributed by atoms with Crippen molar-refractivity contribution in [2.45, 2.75) is 51.2 Å².